The Morgan fingerprint density at radius 2 is 2.30 bits per heavy atom. The molecule has 1 aliphatic rings. The maximum Gasteiger partial charge on any atom is 0.305 e. The highest BCUT2D eigenvalue weighted by Gasteiger charge is 2.36. The van der Waals surface area contributed by atoms with Crippen LogP contribution in [0.5, 0.6) is 0 Å². The first kappa shape index (κ1) is 16.1. The molecule has 0 saturated carbocycles. The molecular formula is C11H14ClNO4S3. The van der Waals surface area contributed by atoms with Gasteiger partial charge in [0.05, 0.1) is 10.8 Å². The van der Waals surface area contributed by atoms with Crippen molar-refractivity contribution in [2.75, 3.05) is 18.1 Å². The summed E-state index contributed by atoms with van der Waals surface area (Å²) in [4.78, 5) is 10.9. The number of carboxylic acids is 1. The number of nitrogens with zero attached hydrogens (tertiary/aromatic N) is 1. The third kappa shape index (κ3) is 3.30. The number of halogens is 1. The summed E-state index contributed by atoms with van der Waals surface area (Å²) in [6.07, 6.45) is -0.176. The van der Waals surface area contributed by atoms with Gasteiger partial charge >= 0.3 is 5.97 Å². The number of aryl methyl sites for hydroxylation is 1. The SMILES string of the molecule is Cc1cc(S(=O)(=O)N2CCSCC2CC(=O)O)sc1Cl. The molecule has 9 heteroatoms. The van der Waals surface area contributed by atoms with Gasteiger partial charge in [-0.3, -0.25) is 4.79 Å². The highest BCUT2D eigenvalue weighted by molar-refractivity contribution is 7.99. The van der Waals surface area contributed by atoms with E-state index >= 15 is 0 Å². The molecule has 0 amide bonds. The number of sulfonamides is 1. The number of hydrogen-bond acceptors (Lipinski definition) is 5. The summed E-state index contributed by atoms with van der Waals surface area (Å²) in [7, 11) is -3.67. The molecule has 1 saturated heterocycles. The Morgan fingerprint density at radius 3 is 2.85 bits per heavy atom. The van der Waals surface area contributed by atoms with Crippen molar-refractivity contribution in [3.63, 3.8) is 0 Å². The number of thiophene rings is 1. The molecule has 0 radical (unpaired) electrons. The summed E-state index contributed by atoms with van der Waals surface area (Å²) in [5, 5.41) is 8.92. The first-order chi connectivity index (χ1) is 9.32. The number of carboxylic acid groups (broad SMARTS) is 1. The maximum atomic E-state index is 12.6. The second kappa shape index (κ2) is 6.23. The fourth-order valence-corrected chi connectivity index (χ4v) is 6.73. The van der Waals surface area contributed by atoms with E-state index in [-0.39, 0.29) is 10.6 Å². The van der Waals surface area contributed by atoms with E-state index in [1.807, 2.05) is 0 Å². The molecule has 0 bridgehead atoms. The topological polar surface area (TPSA) is 74.7 Å². The van der Waals surface area contributed by atoms with Crippen molar-refractivity contribution in [2.45, 2.75) is 23.6 Å². The zero-order valence-electron chi connectivity index (χ0n) is 10.7. The van der Waals surface area contributed by atoms with Crippen molar-refractivity contribution < 1.29 is 18.3 Å². The number of carbonyl (C=O) groups is 1. The van der Waals surface area contributed by atoms with Gasteiger partial charge in [-0.15, -0.1) is 11.3 Å². The van der Waals surface area contributed by atoms with Gasteiger partial charge in [0.25, 0.3) is 10.0 Å². The van der Waals surface area contributed by atoms with E-state index in [4.69, 9.17) is 16.7 Å². The minimum atomic E-state index is -3.67. The van der Waals surface area contributed by atoms with E-state index in [1.165, 1.54) is 4.31 Å². The lowest BCUT2D eigenvalue weighted by Crippen LogP contribution is -2.46. The van der Waals surface area contributed by atoms with Gasteiger partial charge in [-0.1, -0.05) is 11.6 Å². The van der Waals surface area contributed by atoms with E-state index in [1.54, 1.807) is 24.8 Å². The zero-order valence-corrected chi connectivity index (χ0v) is 13.9. The predicted octanol–water partition coefficient (Wildman–Crippen LogP) is 2.29. The molecule has 20 heavy (non-hydrogen) atoms. The molecule has 1 N–H and O–H groups in total. The van der Waals surface area contributed by atoms with Crippen LogP contribution in [0.3, 0.4) is 0 Å². The van der Waals surface area contributed by atoms with Gasteiger partial charge in [0, 0.05) is 24.1 Å². The van der Waals surface area contributed by atoms with Crippen LogP contribution in [-0.2, 0) is 14.8 Å². The number of aliphatic carboxylic acids is 1. The Labute approximate surface area is 131 Å². The lowest BCUT2D eigenvalue weighted by molar-refractivity contribution is -0.137. The zero-order chi connectivity index (χ0) is 14.9. The van der Waals surface area contributed by atoms with Crippen molar-refractivity contribution in [1.82, 2.24) is 4.31 Å². The predicted molar refractivity (Wildman–Crippen MR) is 81.3 cm³/mol. The van der Waals surface area contributed by atoms with Crippen molar-refractivity contribution in [2.24, 2.45) is 0 Å². The average molecular weight is 356 g/mol. The minimum absolute atomic E-state index is 0.176. The van der Waals surface area contributed by atoms with Gasteiger partial charge in [-0.25, -0.2) is 8.42 Å². The molecule has 1 unspecified atom stereocenters. The monoisotopic (exact) mass is 355 g/mol. The van der Waals surface area contributed by atoms with Crippen molar-refractivity contribution in [3.8, 4) is 0 Å². The van der Waals surface area contributed by atoms with Gasteiger partial charge in [0.15, 0.2) is 0 Å². The fraction of sp³-hybridized carbons (Fsp3) is 0.545. The molecule has 1 aromatic heterocycles. The first-order valence-corrected chi connectivity index (χ1v) is 9.68. The number of thioether (sulfide) groups is 1. The Bertz CT molecular complexity index is 594. The van der Waals surface area contributed by atoms with Crippen LogP contribution < -0.4 is 0 Å². The molecular weight excluding hydrogens is 342 g/mol. The van der Waals surface area contributed by atoms with Gasteiger partial charge < -0.3 is 5.11 Å². The van der Waals surface area contributed by atoms with Crippen LogP contribution in [0.15, 0.2) is 10.3 Å². The molecule has 1 atom stereocenters. The van der Waals surface area contributed by atoms with Crippen LogP contribution in [0.1, 0.15) is 12.0 Å². The van der Waals surface area contributed by atoms with Crippen LogP contribution in [0.25, 0.3) is 0 Å². The molecule has 1 fully saturated rings. The largest absolute Gasteiger partial charge is 0.481 e. The second-order valence-corrected chi connectivity index (χ2v) is 9.39. The molecule has 0 spiro atoms. The van der Waals surface area contributed by atoms with Crippen LogP contribution in [0, 0.1) is 6.92 Å². The summed E-state index contributed by atoms with van der Waals surface area (Å²) in [6.45, 7) is 2.08. The summed E-state index contributed by atoms with van der Waals surface area (Å²) >= 11 is 8.53. The van der Waals surface area contributed by atoms with E-state index in [0.29, 0.717) is 22.4 Å². The van der Waals surface area contributed by atoms with Gasteiger partial charge in [-0.05, 0) is 18.6 Å². The fourth-order valence-electron chi connectivity index (χ4n) is 1.99. The van der Waals surface area contributed by atoms with Gasteiger partial charge in [0.2, 0.25) is 0 Å². The normalized spacial score (nSPS) is 21.0. The quantitative estimate of drug-likeness (QED) is 0.896. The summed E-state index contributed by atoms with van der Waals surface area (Å²) in [5.74, 6) is 0.190. The van der Waals surface area contributed by atoms with Gasteiger partial charge in [0.1, 0.15) is 4.21 Å². The Kier molecular flexibility index (Phi) is 5.01. The maximum absolute atomic E-state index is 12.6. The molecule has 5 nitrogen and oxygen atoms in total. The molecule has 1 aromatic rings. The number of hydrogen-bond donors (Lipinski definition) is 1. The highest BCUT2D eigenvalue weighted by Crippen LogP contribution is 2.34. The minimum Gasteiger partial charge on any atom is -0.481 e. The van der Waals surface area contributed by atoms with Crippen molar-refractivity contribution in [3.05, 3.63) is 16.0 Å². The molecule has 0 aliphatic carbocycles. The molecule has 1 aliphatic heterocycles. The smallest absolute Gasteiger partial charge is 0.305 e. The molecule has 0 aromatic carbocycles. The number of rotatable bonds is 4. The van der Waals surface area contributed by atoms with E-state index < -0.39 is 22.0 Å². The Balaban J connectivity index is 2.32. The second-order valence-electron chi connectivity index (χ2n) is 4.46. The van der Waals surface area contributed by atoms with Crippen LogP contribution in [-0.4, -0.2) is 47.9 Å². The third-order valence-electron chi connectivity index (χ3n) is 2.98. The summed E-state index contributed by atoms with van der Waals surface area (Å²) in [6, 6.07) is 1.04. The molecule has 2 rings (SSSR count). The lowest BCUT2D eigenvalue weighted by atomic mass is 10.2. The Morgan fingerprint density at radius 1 is 1.60 bits per heavy atom. The summed E-state index contributed by atoms with van der Waals surface area (Å²) < 4.78 is 27.2. The molecule has 2 heterocycles. The lowest BCUT2D eigenvalue weighted by Gasteiger charge is -2.33. The van der Waals surface area contributed by atoms with Gasteiger partial charge in [-0.2, -0.15) is 16.1 Å². The van der Waals surface area contributed by atoms with E-state index in [0.717, 1.165) is 16.9 Å². The van der Waals surface area contributed by atoms with Crippen LogP contribution >= 0.6 is 34.7 Å². The highest BCUT2D eigenvalue weighted by atomic mass is 35.5. The van der Waals surface area contributed by atoms with Crippen LogP contribution in [0.2, 0.25) is 4.34 Å². The third-order valence-corrected chi connectivity index (χ3v) is 8.03. The van der Waals surface area contributed by atoms with Crippen LogP contribution in [0.4, 0.5) is 0 Å². The Hall–Kier alpha value is -0.280. The first-order valence-electron chi connectivity index (χ1n) is 5.89. The standard InChI is InChI=1S/C11H14ClNO4S3/c1-7-4-10(19-11(7)12)20(16,17)13-2-3-18-6-8(13)5-9(14)15/h4,8H,2-3,5-6H2,1H3,(H,14,15). The molecule has 112 valence electrons. The average Bonchev–Trinajstić information content (AvgIpc) is 2.70. The van der Waals surface area contributed by atoms with E-state index in [9.17, 15) is 13.2 Å². The summed E-state index contributed by atoms with van der Waals surface area (Å²) in [5.41, 5.74) is 0.719. The van der Waals surface area contributed by atoms with Crippen molar-refractivity contribution in [1.29, 1.82) is 0 Å². The van der Waals surface area contributed by atoms with E-state index in [2.05, 4.69) is 0 Å². The van der Waals surface area contributed by atoms with Crippen molar-refractivity contribution >= 4 is 50.7 Å².